The molecule has 3 aromatic heterocycles. The smallest absolute Gasteiger partial charge is 0.395 e. The average Bonchev–Trinajstić information content (AvgIpc) is 3.16. The molecule has 0 atom stereocenters. The van der Waals surface area contributed by atoms with Gasteiger partial charge in [0.1, 0.15) is 17.0 Å². The zero-order valence-corrected chi connectivity index (χ0v) is 18.5. The molecule has 0 aliphatic rings. The summed E-state index contributed by atoms with van der Waals surface area (Å²) in [7, 11) is 0. The van der Waals surface area contributed by atoms with Crippen molar-refractivity contribution in [2.45, 2.75) is 38.5 Å². The molecule has 0 saturated heterocycles. The van der Waals surface area contributed by atoms with Crippen LogP contribution in [-0.2, 0) is 12.6 Å². The molecule has 34 heavy (non-hydrogen) atoms. The van der Waals surface area contributed by atoms with Crippen LogP contribution in [0.3, 0.4) is 0 Å². The van der Waals surface area contributed by atoms with E-state index >= 15 is 0 Å². The monoisotopic (exact) mass is 479 g/mol. The van der Waals surface area contributed by atoms with Crippen LogP contribution in [0.5, 0.6) is 0 Å². The number of nitrogens with one attached hydrogen (secondary N) is 2. The number of aryl methyl sites for hydroxylation is 1. The van der Waals surface area contributed by atoms with Gasteiger partial charge in [-0.3, -0.25) is 9.59 Å². The molecule has 0 aromatic carbocycles. The van der Waals surface area contributed by atoms with Crippen molar-refractivity contribution in [1.29, 1.82) is 0 Å². The molecule has 0 saturated carbocycles. The maximum atomic E-state index is 13.0. The Morgan fingerprint density at radius 1 is 1.12 bits per heavy atom. The number of carbonyl (C=O) groups excluding carboxylic acids is 2. The molecule has 4 N–H and O–H groups in total. The summed E-state index contributed by atoms with van der Waals surface area (Å²) < 4.78 is 40.5. The van der Waals surface area contributed by atoms with Gasteiger partial charge in [-0.25, -0.2) is 9.97 Å². The molecule has 3 aromatic rings. The number of anilines is 1. The predicted molar refractivity (Wildman–Crippen MR) is 116 cm³/mol. The lowest BCUT2D eigenvalue weighted by Crippen LogP contribution is -2.28. The lowest BCUT2D eigenvalue weighted by Gasteiger charge is -2.15. The third-order valence-corrected chi connectivity index (χ3v) is 4.80. The minimum Gasteiger partial charge on any atom is -0.395 e. The van der Waals surface area contributed by atoms with Gasteiger partial charge in [0.25, 0.3) is 11.8 Å². The number of alkyl halides is 3. The minimum absolute atomic E-state index is 0.000846. The summed E-state index contributed by atoms with van der Waals surface area (Å²) in [6.07, 6.45) is -0.760. The van der Waals surface area contributed by atoms with Crippen LogP contribution < -0.4 is 10.6 Å². The number of aromatic nitrogens is 3. The Balaban J connectivity index is 1.96. The SMILES string of the molecule is CC(C)(O)CCc1cn2cc(NC(=O)c3cccc(C(F)(F)F)n3)c(C(=O)NCCO)cc2n1. The summed E-state index contributed by atoms with van der Waals surface area (Å²) in [4.78, 5) is 33.1. The second-order valence-electron chi connectivity index (χ2n) is 8.25. The van der Waals surface area contributed by atoms with Crippen LogP contribution >= 0.6 is 0 Å². The first kappa shape index (κ1) is 25.1. The number of pyridine rings is 2. The van der Waals surface area contributed by atoms with E-state index in [4.69, 9.17) is 5.11 Å². The number of amides is 2. The molecule has 0 spiro atoms. The number of carbonyl (C=O) groups is 2. The average molecular weight is 479 g/mol. The Bertz CT molecular complexity index is 1200. The predicted octanol–water partition coefficient (Wildman–Crippen LogP) is 2.43. The van der Waals surface area contributed by atoms with Gasteiger partial charge < -0.3 is 25.2 Å². The summed E-state index contributed by atoms with van der Waals surface area (Å²) in [5, 5.41) is 23.9. The van der Waals surface area contributed by atoms with Crippen LogP contribution in [0.25, 0.3) is 5.65 Å². The highest BCUT2D eigenvalue weighted by Crippen LogP contribution is 2.28. The first-order valence-electron chi connectivity index (χ1n) is 10.4. The molecular formula is C22H24F3N5O4. The number of fused-ring (bicyclic) bond motifs is 1. The molecular weight excluding hydrogens is 455 g/mol. The van der Waals surface area contributed by atoms with Crippen molar-refractivity contribution in [3.05, 3.63) is 59.3 Å². The highest BCUT2D eigenvalue weighted by atomic mass is 19.4. The highest BCUT2D eigenvalue weighted by molar-refractivity contribution is 6.08. The van der Waals surface area contributed by atoms with Crippen LogP contribution in [-0.4, -0.2) is 55.1 Å². The van der Waals surface area contributed by atoms with E-state index in [0.29, 0.717) is 24.2 Å². The maximum absolute atomic E-state index is 13.0. The third-order valence-electron chi connectivity index (χ3n) is 4.80. The van der Waals surface area contributed by atoms with Crippen molar-refractivity contribution in [3.8, 4) is 0 Å². The topological polar surface area (TPSA) is 129 Å². The highest BCUT2D eigenvalue weighted by Gasteiger charge is 2.33. The molecule has 0 bridgehead atoms. The number of imidazole rings is 1. The van der Waals surface area contributed by atoms with Crippen molar-refractivity contribution in [2.75, 3.05) is 18.5 Å². The van der Waals surface area contributed by atoms with Gasteiger partial charge in [0.05, 0.1) is 29.2 Å². The van der Waals surface area contributed by atoms with E-state index in [2.05, 4.69) is 20.6 Å². The van der Waals surface area contributed by atoms with Gasteiger partial charge in [-0.1, -0.05) is 6.07 Å². The first-order chi connectivity index (χ1) is 15.9. The summed E-state index contributed by atoms with van der Waals surface area (Å²) in [6, 6.07) is 4.35. The molecule has 12 heteroatoms. The molecule has 0 fully saturated rings. The maximum Gasteiger partial charge on any atom is 0.433 e. The van der Waals surface area contributed by atoms with Gasteiger partial charge in [-0.15, -0.1) is 0 Å². The molecule has 0 aliphatic carbocycles. The zero-order chi connectivity index (χ0) is 25.1. The fraction of sp³-hybridized carbons (Fsp3) is 0.364. The van der Waals surface area contributed by atoms with Gasteiger partial charge in [-0.2, -0.15) is 13.2 Å². The van der Waals surface area contributed by atoms with E-state index in [0.717, 1.165) is 18.2 Å². The second kappa shape index (κ2) is 9.77. The normalized spacial score (nSPS) is 12.1. The van der Waals surface area contributed by atoms with Crippen LogP contribution in [0, 0.1) is 0 Å². The fourth-order valence-corrected chi connectivity index (χ4v) is 3.10. The molecule has 0 radical (unpaired) electrons. The molecule has 3 rings (SSSR count). The van der Waals surface area contributed by atoms with Crippen LogP contribution in [0.1, 0.15) is 52.5 Å². The van der Waals surface area contributed by atoms with E-state index in [1.807, 2.05) is 0 Å². The van der Waals surface area contributed by atoms with Crippen molar-refractivity contribution in [2.24, 2.45) is 0 Å². The van der Waals surface area contributed by atoms with E-state index in [1.165, 1.54) is 12.3 Å². The Labute approximate surface area is 192 Å². The van der Waals surface area contributed by atoms with E-state index in [1.54, 1.807) is 24.4 Å². The van der Waals surface area contributed by atoms with Crippen molar-refractivity contribution in [1.82, 2.24) is 19.7 Å². The molecule has 0 unspecified atom stereocenters. The van der Waals surface area contributed by atoms with Crippen molar-refractivity contribution in [3.63, 3.8) is 0 Å². The largest absolute Gasteiger partial charge is 0.433 e. The zero-order valence-electron chi connectivity index (χ0n) is 18.5. The Morgan fingerprint density at radius 3 is 2.50 bits per heavy atom. The summed E-state index contributed by atoms with van der Waals surface area (Å²) in [5.41, 5.74) is -1.57. The van der Waals surface area contributed by atoms with Gasteiger partial charge in [0, 0.05) is 18.9 Å². The molecule has 182 valence electrons. The van der Waals surface area contributed by atoms with E-state index < -0.39 is 35.0 Å². The van der Waals surface area contributed by atoms with E-state index in [9.17, 15) is 27.9 Å². The molecule has 9 nitrogen and oxygen atoms in total. The minimum atomic E-state index is -4.72. The standard InChI is InChI=1S/C22H24F3N5O4/c1-21(2,34)7-6-13-11-30-12-16(14(10-18(30)27-13)19(32)26-8-9-31)29-20(33)15-4-3-5-17(28-15)22(23,24)25/h3-5,10-12,31,34H,6-9H2,1-2H3,(H,26,32)(H,29,33). The lowest BCUT2D eigenvalue weighted by atomic mass is 10.0. The Kier molecular flexibility index (Phi) is 7.22. The van der Waals surface area contributed by atoms with Gasteiger partial charge in [-0.05, 0) is 44.9 Å². The van der Waals surface area contributed by atoms with Crippen molar-refractivity contribution >= 4 is 23.1 Å². The van der Waals surface area contributed by atoms with Gasteiger partial charge in [0.2, 0.25) is 0 Å². The van der Waals surface area contributed by atoms with Gasteiger partial charge >= 0.3 is 6.18 Å². The van der Waals surface area contributed by atoms with Crippen molar-refractivity contribution < 1.29 is 33.0 Å². The van der Waals surface area contributed by atoms with Crippen LogP contribution in [0.2, 0.25) is 0 Å². The number of nitrogens with zero attached hydrogens (tertiary/aromatic N) is 3. The first-order valence-corrected chi connectivity index (χ1v) is 10.4. The molecule has 3 heterocycles. The lowest BCUT2D eigenvalue weighted by molar-refractivity contribution is -0.141. The number of halogens is 3. The summed E-state index contributed by atoms with van der Waals surface area (Å²) >= 11 is 0. The number of aliphatic hydroxyl groups is 2. The van der Waals surface area contributed by atoms with E-state index in [-0.39, 0.29) is 24.4 Å². The molecule has 0 aliphatic heterocycles. The number of hydrogen-bond donors (Lipinski definition) is 4. The van der Waals surface area contributed by atoms with Crippen LogP contribution in [0.4, 0.5) is 18.9 Å². The summed E-state index contributed by atoms with van der Waals surface area (Å²) in [6.45, 7) is 2.98. The number of hydrogen-bond acceptors (Lipinski definition) is 6. The Hall–Kier alpha value is -3.51. The third kappa shape index (κ3) is 6.29. The van der Waals surface area contributed by atoms with Crippen LogP contribution in [0.15, 0.2) is 36.7 Å². The fourth-order valence-electron chi connectivity index (χ4n) is 3.10. The van der Waals surface area contributed by atoms with Gasteiger partial charge in [0.15, 0.2) is 0 Å². The number of aliphatic hydroxyl groups excluding tert-OH is 1. The quantitative estimate of drug-likeness (QED) is 0.393. The summed E-state index contributed by atoms with van der Waals surface area (Å²) in [5.74, 6) is -1.56. The molecule has 2 amide bonds. The number of rotatable bonds is 8. The Morgan fingerprint density at radius 2 is 1.85 bits per heavy atom. The second-order valence-corrected chi connectivity index (χ2v) is 8.25.